The summed E-state index contributed by atoms with van der Waals surface area (Å²) in [7, 11) is 0. The molecule has 1 atom stereocenters. The van der Waals surface area contributed by atoms with Crippen molar-refractivity contribution in [3.05, 3.63) is 0 Å². The Balaban J connectivity index is 2.55. The number of hydrogen-bond acceptors (Lipinski definition) is 2. The molecule has 1 heterocycles. The molecule has 1 aliphatic rings. The minimum absolute atomic E-state index is 0.00148. The zero-order valence-electron chi connectivity index (χ0n) is 10.0. The van der Waals surface area contributed by atoms with Crippen molar-refractivity contribution in [1.29, 1.82) is 0 Å². The highest BCUT2D eigenvalue weighted by molar-refractivity contribution is 5.81. The second kappa shape index (κ2) is 6.23. The highest BCUT2D eigenvalue weighted by Crippen LogP contribution is 2.19. The molecule has 1 amide bonds. The van der Waals surface area contributed by atoms with E-state index in [4.69, 9.17) is 0 Å². The maximum Gasteiger partial charge on any atom is 0.471 e. The first kappa shape index (κ1) is 14.3. The number of carbonyl (C=O) groups excluding carboxylic acids is 1. The van der Waals surface area contributed by atoms with Crippen LogP contribution in [0.15, 0.2) is 0 Å². The molecule has 0 radical (unpaired) electrons. The van der Waals surface area contributed by atoms with E-state index in [9.17, 15) is 18.0 Å². The zero-order chi connectivity index (χ0) is 12.9. The van der Waals surface area contributed by atoms with E-state index in [1.807, 2.05) is 0 Å². The molecule has 1 fully saturated rings. The maximum atomic E-state index is 12.4. The Kier molecular flexibility index (Phi) is 5.24. The van der Waals surface area contributed by atoms with Crippen LogP contribution in [0.4, 0.5) is 13.2 Å². The van der Waals surface area contributed by atoms with Crippen molar-refractivity contribution in [3.8, 4) is 0 Å². The molecule has 0 aromatic rings. The van der Waals surface area contributed by atoms with Crippen LogP contribution >= 0.6 is 0 Å². The van der Waals surface area contributed by atoms with Crippen molar-refractivity contribution < 1.29 is 18.0 Å². The monoisotopic (exact) mass is 252 g/mol. The van der Waals surface area contributed by atoms with Crippen LogP contribution in [-0.4, -0.2) is 42.7 Å². The molecule has 1 unspecified atom stereocenters. The topological polar surface area (TPSA) is 32.3 Å². The van der Waals surface area contributed by atoms with Crippen molar-refractivity contribution in [1.82, 2.24) is 10.2 Å². The number of carbonyl (C=O) groups is 1. The number of rotatable bonds is 4. The Hall–Kier alpha value is -0.780. The third kappa shape index (κ3) is 4.53. The van der Waals surface area contributed by atoms with Crippen molar-refractivity contribution in [3.63, 3.8) is 0 Å². The van der Waals surface area contributed by atoms with Crippen LogP contribution in [0.2, 0.25) is 0 Å². The van der Waals surface area contributed by atoms with E-state index in [2.05, 4.69) is 5.32 Å². The molecule has 0 aromatic heterocycles. The van der Waals surface area contributed by atoms with Gasteiger partial charge in [0.2, 0.25) is 0 Å². The normalized spacial score (nSPS) is 21.3. The highest BCUT2D eigenvalue weighted by atomic mass is 19.4. The molecular weight excluding hydrogens is 233 g/mol. The third-order valence-corrected chi connectivity index (χ3v) is 2.88. The summed E-state index contributed by atoms with van der Waals surface area (Å²) >= 11 is 0. The largest absolute Gasteiger partial charge is 0.471 e. The smallest absolute Gasteiger partial charge is 0.333 e. The summed E-state index contributed by atoms with van der Waals surface area (Å²) in [5.74, 6) is -1.72. The molecule has 100 valence electrons. The van der Waals surface area contributed by atoms with Gasteiger partial charge in [-0.3, -0.25) is 4.79 Å². The Morgan fingerprint density at radius 2 is 2.12 bits per heavy atom. The van der Waals surface area contributed by atoms with Gasteiger partial charge in [0.05, 0.1) is 0 Å². The molecule has 6 heteroatoms. The van der Waals surface area contributed by atoms with Crippen LogP contribution in [0.1, 0.15) is 32.6 Å². The van der Waals surface area contributed by atoms with Gasteiger partial charge in [-0.25, -0.2) is 0 Å². The summed E-state index contributed by atoms with van der Waals surface area (Å²) < 4.78 is 37.1. The maximum absolute atomic E-state index is 12.4. The lowest BCUT2D eigenvalue weighted by Crippen LogP contribution is -2.49. The van der Waals surface area contributed by atoms with Crippen molar-refractivity contribution >= 4 is 5.91 Å². The van der Waals surface area contributed by atoms with E-state index in [1.165, 1.54) is 0 Å². The molecule has 0 spiro atoms. The summed E-state index contributed by atoms with van der Waals surface area (Å²) in [5, 5.41) is 3.15. The Labute approximate surface area is 99.4 Å². The second-order valence-corrected chi connectivity index (χ2v) is 4.40. The number of nitrogens with one attached hydrogen (secondary N) is 1. The van der Waals surface area contributed by atoms with E-state index in [-0.39, 0.29) is 19.1 Å². The van der Waals surface area contributed by atoms with Gasteiger partial charge in [-0.1, -0.05) is 13.3 Å². The van der Waals surface area contributed by atoms with E-state index in [1.54, 1.807) is 6.92 Å². The second-order valence-electron chi connectivity index (χ2n) is 4.40. The highest BCUT2D eigenvalue weighted by Gasteiger charge is 2.42. The number of amides is 1. The first-order chi connectivity index (χ1) is 7.95. The lowest BCUT2D eigenvalue weighted by atomic mass is 10.0. The van der Waals surface area contributed by atoms with Gasteiger partial charge in [0.15, 0.2) is 0 Å². The molecule has 0 saturated carbocycles. The van der Waals surface area contributed by atoms with Crippen LogP contribution < -0.4 is 5.32 Å². The van der Waals surface area contributed by atoms with Crippen LogP contribution in [0.3, 0.4) is 0 Å². The number of alkyl halides is 3. The lowest BCUT2D eigenvalue weighted by molar-refractivity contribution is -0.185. The van der Waals surface area contributed by atoms with E-state index < -0.39 is 12.1 Å². The Bertz CT molecular complexity index is 250. The number of nitrogens with zero attached hydrogens (tertiary/aromatic N) is 1. The third-order valence-electron chi connectivity index (χ3n) is 2.88. The molecule has 3 nitrogen and oxygen atoms in total. The van der Waals surface area contributed by atoms with Crippen molar-refractivity contribution in [2.75, 3.05) is 19.6 Å². The van der Waals surface area contributed by atoms with Gasteiger partial charge < -0.3 is 10.2 Å². The number of piperidine rings is 1. The molecule has 1 saturated heterocycles. The molecule has 0 aliphatic carbocycles. The van der Waals surface area contributed by atoms with Crippen molar-refractivity contribution in [2.24, 2.45) is 0 Å². The lowest BCUT2D eigenvalue weighted by Gasteiger charge is -2.30. The first-order valence-corrected chi connectivity index (χ1v) is 6.04. The quantitative estimate of drug-likeness (QED) is 0.829. The van der Waals surface area contributed by atoms with Gasteiger partial charge in [-0.2, -0.15) is 13.2 Å². The predicted octanol–water partition coefficient (Wildman–Crippen LogP) is 1.93. The van der Waals surface area contributed by atoms with Crippen LogP contribution in [0.25, 0.3) is 0 Å². The first-order valence-electron chi connectivity index (χ1n) is 6.04. The summed E-state index contributed by atoms with van der Waals surface area (Å²) in [6.45, 7) is 2.92. The summed E-state index contributed by atoms with van der Waals surface area (Å²) in [5.41, 5.74) is 0. The van der Waals surface area contributed by atoms with E-state index in [0.717, 1.165) is 30.7 Å². The fourth-order valence-corrected chi connectivity index (χ4v) is 2.07. The molecule has 1 N–H and O–H groups in total. The van der Waals surface area contributed by atoms with Gasteiger partial charge in [0.1, 0.15) is 0 Å². The minimum Gasteiger partial charge on any atom is -0.333 e. The Morgan fingerprint density at radius 3 is 2.59 bits per heavy atom. The minimum atomic E-state index is -4.76. The average Bonchev–Trinajstić information content (AvgIpc) is 2.28. The summed E-state index contributed by atoms with van der Waals surface area (Å²) in [6, 6.07) is 0.00148. The molecular formula is C11H19F3N2O. The van der Waals surface area contributed by atoms with Gasteiger partial charge in [-0.05, 0) is 25.8 Å². The SMILES string of the molecule is CCCN(CC1CCCCN1)C(=O)C(F)(F)F. The fraction of sp³-hybridized carbons (Fsp3) is 0.909. The summed E-state index contributed by atoms with van der Waals surface area (Å²) in [4.78, 5) is 12.1. The fourth-order valence-electron chi connectivity index (χ4n) is 2.07. The summed E-state index contributed by atoms with van der Waals surface area (Å²) in [6.07, 6.45) is -1.32. The zero-order valence-corrected chi connectivity index (χ0v) is 10.0. The predicted molar refractivity (Wildman–Crippen MR) is 58.6 cm³/mol. The average molecular weight is 252 g/mol. The van der Waals surface area contributed by atoms with Gasteiger partial charge in [0, 0.05) is 19.1 Å². The van der Waals surface area contributed by atoms with Crippen molar-refractivity contribution in [2.45, 2.75) is 44.8 Å². The number of halogens is 3. The number of hydrogen-bond donors (Lipinski definition) is 1. The van der Waals surface area contributed by atoms with Gasteiger partial charge in [-0.15, -0.1) is 0 Å². The molecule has 1 aliphatic heterocycles. The molecule has 17 heavy (non-hydrogen) atoms. The molecule has 0 bridgehead atoms. The van der Waals surface area contributed by atoms with Crippen LogP contribution in [0.5, 0.6) is 0 Å². The van der Waals surface area contributed by atoms with Gasteiger partial charge in [0.25, 0.3) is 0 Å². The van der Waals surface area contributed by atoms with Gasteiger partial charge >= 0.3 is 12.1 Å². The molecule has 0 aromatic carbocycles. The standard InChI is InChI=1S/C11H19F3N2O/c1-2-7-16(10(17)11(12,13)14)8-9-5-3-4-6-15-9/h9,15H,2-8H2,1H3. The molecule has 1 rings (SSSR count). The van der Waals surface area contributed by atoms with Crippen LogP contribution in [0, 0.1) is 0 Å². The van der Waals surface area contributed by atoms with Crippen LogP contribution in [-0.2, 0) is 4.79 Å². The van der Waals surface area contributed by atoms with E-state index in [0.29, 0.717) is 6.42 Å². The van der Waals surface area contributed by atoms with E-state index >= 15 is 0 Å². The Morgan fingerprint density at radius 1 is 1.41 bits per heavy atom.